The van der Waals surface area contributed by atoms with Gasteiger partial charge in [0, 0.05) is 5.92 Å². The molecule has 0 saturated heterocycles. The summed E-state index contributed by atoms with van der Waals surface area (Å²) in [6.07, 6.45) is 4.04. The average Bonchev–Trinajstić information content (AvgIpc) is 2.59. The molecule has 1 aromatic heterocycles. The molecule has 0 saturated carbocycles. The van der Waals surface area contributed by atoms with E-state index < -0.39 is 0 Å². The van der Waals surface area contributed by atoms with Gasteiger partial charge < -0.3 is 9.73 Å². The maximum absolute atomic E-state index is 5.41. The molecule has 0 bridgehead atoms. The molecule has 0 radical (unpaired) electrons. The predicted molar refractivity (Wildman–Crippen MR) is 62.6 cm³/mol. The highest BCUT2D eigenvalue weighted by atomic mass is 79.9. The molecule has 3 heteroatoms. The lowest BCUT2D eigenvalue weighted by molar-refractivity contribution is 0.452. The van der Waals surface area contributed by atoms with Gasteiger partial charge in [-0.1, -0.05) is 13.8 Å². The fraction of sp³-hybridized carbons (Fsp3) is 0.636. The molecule has 1 heterocycles. The van der Waals surface area contributed by atoms with Crippen molar-refractivity contribution in [2.75, 3.05) is 13.1 Å². The zero-order valence-electron chi connectivity index (χ0n) is 8.85. The van der Waals surface area contributed by atoms with E-state index in [1.54, 1.807) is 6.26 Å². The van der Waals surface area contributed by atoms with Crippen LogP contribution in [0.5, 0.6) is 0 Å². The molecule has 1 atom stereocenters. The highest BCUT2D eigenvalue weighted by Crippen LogP contribution is 2.27. The number of rotatable bonds is 6. The molecule has 14 heavy (non-hydrogen) atoms. The number of hydrogen-bond acceptors (Lipinski definition) is 2. The summed E-state index contributed by atoms with van der Waals surface area (Å²) in [4.78, 5) is 0. The molecular weight excluding hydrogens is 242 g/mol. The third-order valence-electron chi connectivity index (χ3n) is 2.27. The van der Waals surface area contributed by atoms with Gasteiger partial charge >= 0.3 is 0 Å². The van der Waals surface area contributed by atoms with Crippen LogP contribution in [0.3, 0.4) is 0 Å². The van der Waals surface area contributed by atoms with E-state index in [2.05, 4.69) is 35.1 Å². The minimum atomic E-state index is 0.476. The maximum Gasteiger partial charge on any atom is 0.120 e. The SMILES string of the molecule is CCCNCCC(C)c1occc1Br. The molecule has 0 aliphatic heterocycles. The van der Waals surface area contributed by atoms with E-state index in [9.17, 15) is 0 Å². The summed E-state index contributed by atoms with van der Waals surface area (Å²) in [5.41, 5.74) is 0. The summed E-state index contributed by atoms with van der Waals surface area (Å²) in [5, 5.41) is 3.39. The maximum atomic E-state index is 5.41. The average molecular weight is 260 g/mol. The van der Waals surface area contributed by atoms with Crippen LogP contribution >= 0.6 is 15.9 Å². The first-order chi connectivity index (χ1) is 6.75. The molecule has 1 N–H and O–H groups in total. The summed E-state index contributed by atoms with van der Waals surface area (Å²) >= 11 is 3.48. The fourth-order valence-corrected chi connectivity index (χ4v) is 2.00. The zero-order valence-corrected chi connectivity index (χ0v) is 10.4. The van der Waals surface area contributed by atoms with Crippen LogP contribution in [0.15, 0.2) is 21.2 Å². The molecule has 0 aliphatic rings. The van der Waals surface area contributed by atoms with E-state index in [1.807, 2.05) is 6.07 Å². The van der Waals surface area contributed by atoms with Crippen molar-refractivity contribution in [1.82, 2.24) is 5.32 Å². The number of furan rings is 1. The largest absolute Gasteiger partial charge is 0.468 e. The second-order valence-corrected chi connectivity index (χ2v) is 4.43. The Balaban J connectivity index is 2.28. The summed E-state index contributed by atoms with van der Waals surface area (Å²) < 4.78 is 6.49. The first-order valence-corrected chi connectivity index (χ1v) is 5.98. The smallest absolute Gasteiger partial charge is 0.120 e. The van der Waals surface area contributed by atoms with Gasteiger partial charge in [0.1, 0.15) is 5.76 Å². The summed E-state index contributed by atoms with van der Waals surface area (Å²) in [6.45, 7) is 6.53. The zero-order chi connectivity index (χ0) is 10.4. The van der Waals surface area contributed by atoms with E-state index in [1.165, 1.54) is 6.42 Å². The fourth-order valence-electron chi connectivity index (χ4n) is 1.41. The molecule has 1 unspecified atom stereocenters. The molecule has 0 aromatic carbocycles. The van der Waals surface area contributed by atoms with E-state index in [0.29, 0.717) is 5.92 Å². The Kier molecular flexibility index (Phi) is 5.26. The Hall–Kier alpha value is -0.280. The van der Waals surface area contributed by atoms with Crippen LogP contribution in [0.1, 0.15) is 38.4 Å². The molecule has 0 fully saturated rings. The van der Waals surface area contributed by atoms with E-state index in [-0.39, 0.29) is 0 Å². The van der Waals surface area contributed by atoms with Crippen molar-refractivity contribution in [3.8, 4) is 0 Å². The van der Waals surface area contributed by atoms with Gasteiger partial charge in [-0.05, 0) is 47.9 Å². The molecule has 2 nitrogen and oxygen atoms in total. The summed E-state index contributed by atoms with van der Waals surface area (Å²) in [5.74, 6) is 1.53. The molecule has 1 aromatic rings. The van der Waals surface area contributed by atoms with E-state index >= 15 is 0 Å². The van der Waals surface area contributed by atoms with Crippen molar-refractivity contribution in [2.45, 2.75) is 32.6 Å². The van der Waals surface area contributed by atoms with Gasteiger partial charge in [-0.15, -0.1) is 0 Å². The Bertz CT molecular complexity index is 260. The van der Waals surface area contributed by atoms with Gasteiger partial charge in [0.05, 0.1) is 10.7 Å². The Labute approximate surface area is 94.2 Å². The molecule has 0 aliphatic carbocycles. The second-order valence-electron chi connectivity index (χ2n) is 3.57. The third kappa shape index (κ3) is 3.46. The van der Waals surface area contributed by atoms with Crippen LogP contribution < -0.4 is 5.32 Å². The van der Waals surface area contributed by atoms with Crippen molar-refractivity contribution in [3.63, 3.8) is 0 Å². The highest BCUT2D eigenvalue weighted by molar-refractivity contribution is 9.10. The van der Waals surface area contributed by atoms with Gasteiger partial charge in [0.25, 0.3) is 0 Å². The molecule has 80 valence electrons. The van der Waals surface area contributed by atoms with Crippen LogP contribution in [0, 0.1) is 0 Å². The van der Waals surface area contributed by atoms with Gasteiger partial charge in [-0.2, -0.15) is 0 Å². The first kappa shape index (κ1) is 11.8. The van der Waals surface area contributed by atoms with E-state index in [0.717, 1.165) is 29.7 Å². The summed E-state index contributed by atoms with van der Waals surface area (Å²) in [7, 11) is 0. The summed E-state index contributed by atoms with van der Waals surface area (Å²) in [6, 6.07) is 1.95. The van der Waals surface area contributed by atoms with Gasteiger partial charge in [-0.3, -0.25) is 0 Å². The van der Waals surface area contributed by atoms with Crippen molar-refractivity contribution in [2.24, 2.45) is 0 Å². The number of nitrogens with one attached hydrogen (secondary N) is 1. The Morgan fingerprint density at radius 2 is 2.29 bits per heavy atom. The van der Waals surface area contributed by atoms with Gasteiger partial charge in [0.15, 0.2) is 0 Å². The predicted octanol–water partition coefficient (Wildman–Crippen LogP) is 3.54. The van der Waals surface area contributed by atoms with E-state index in [4.69, 9.17) is 4.42 Å². The van der Waals surface area contributed by atoms with Crippen molar-refractivity contribution >= 4 is 15.9 Å². The van der Waals surface area contributed by atoms with Crippen LogP contribution in [-0.2, 0) is 0 Å². The topological polar surface area (TPSA) is 25.2 Å². The van der Waals surface area contributed by atoms with Gasteiger partial charge in [0.2, 0.25) is 0 Å². The van der Waals surface area contributed by atoms with Gasteiger partial charge in [-0.25, -0.2) is 0 Å². The molecule has 0 amide bonds. The quantitative estimate of drug-likeness (QED) is 0.791. The van der Waals surface area contributed by atoms with Crippen molar-refractivity contribution < 1.29 is 4.42 Å². The minimum absolute atomic E-state index is 0.476. The lowest BCUT2D eigenvalue weighted by Crippen LogP contribution is -2.17. The lowest BCUT2D eigenvalue weighted by atomic mass is 10.1. The van der Waals surface area contributed by atoms with Crippen molar-refractivity contribution in [1.29, 1.82) is 0 Å². The van der Waals surface area contributed by atoms with Crippen LogP contribution in [0.25, 0.3) is 0 Å². The normalized spacial score (nSPS) is 13.1. The number of halogens is 1. The number of hydrogen-bond donors (Lipinski definition) is 1. The highest BCUT2D eigenvalue weighted by Gasteiger charge is 2.11. The van der Waals surface area contributed by atoms with Crippen LogP contribution in [0.4, 0.5) is 0 Å². The second kappa shape index (κ2) is 6.25. The minimum Gasteiger partial charge on any atom is -0.468 e. The monoisotopic (exact) mass is 259 g/mol. The standard InChI is InChI=1S/C11H18BrNO/c1-3-6-13-7-4-9(2)11-10(12)5-8-14-11/h5,8-9,13H,3-4,6-7H2,1-2H3. The molecular formula is C11H18BrNO. The molecule has 1 rings (SSSR count). The third-order valence-corrected chi connectivity index (χ3v) is 2.93. The first-order valence-electron chi connectivity index (χ1n) is 5.19. The molecule has 0 spiro atoms. The Morgan fingerprint density at radius 1 is 1.50 bits per heavy atom. The lowest BCUT2D eigenvalue weighted by Gasteiger charge is -2.09. The Morgan fingerprint density at radius 3 is 2.86 bits per heavy atom. The van der Waals surface area contributed by atoms with Crippen LogP contribution in [0.2, 0.25) is 0 Å². The van der Waals surface area contributed by atoms with Crippen LogP contribution in [-0.4, -0.2) is 13.1 Å². The van der Waals surface area contributed by atoms with Crippen molar-refractivity contribution in [3.05, 3.63) is 22.6 Å².